The number of anilines is 3. The summed E-state index contributed by atoms with van der Waals surface area (Å²) in [6, 6.07) is 12.6. The maximum Gasteiger partial charge on any atom is 0.416 e. The number of nitrogen functional groups attached to an aromatic ring is 1. The zero-order valence-corrected chi connectivity index (χ0v) is 21.3. The lowest BCUT2D eigenvalue weighted by molar-refractivity contribution is -0.137. The van der Waals surface area contributed by atoms with Crippen LogP contribution in [0.2, 0.25) is 0 Å². The van der Waals surface area contributed by atoms with Crippen LogP contribution in [0.25, 0.3) is 22.0 Å². The highest BCUT2D eigenvalue weighted by Gasteiger charge is 2.33. The van der Waals surface area contributed by atoms with E-state index in [2.05, 4.69) is 20.2 Å². The Morgan fingerprint density at radius 3 is 2.56 bits per heavy atom. The number of hydrogen-bond acceptors (Lipinski definition) is 6. The van der Waals surface area contributed by atoms with Crippen molar-refractivity contribution in [2.75, 3.05) is 43.1 Å². The predicted octanol–water partition coefficient (Wildman–Crippen LogP) is 5.43. The van der Waals surface area contributed by atoms with Crippen molar-refractivity contribution in [1.82, 2.24) is 14.9 Å². The minimum Gasteiger partial charge on any atom is -0.369 e. The molecule has 1 aliphatic heterocycles. The third-order valence-corrected chi connectivity index (χ3v) is 7.01. The monoisotopic (exact) mass is 538 g/mol. The molecule has 1 saturated heterocycles. The van der Waals surface area contributed by atoms with Crippen LogP contribution in [0.1, 0.15) is 22.3 Å². The Morgan fingerprint density at radius 2 is 1.85 bits per heavy atom. The maximum absolute atomic E-state index is 14.9. The first-order chi connectivity index (χ1) is 18.5. The number of hydrogen-bond donors (Lipinski definition) is 2. The molecule has 11 heteroatoms. The number of alkyl halides is 3. The summed E-state index contributed by atoms with van der Waals surface area (Å²) in [4.78, 5) is 25.4. The van der Waals surface area contributed by atoms with Crippen LogP contribution in [0, 0.1) is 5.82 Å². The van der Waals surface area contributed by atoms with Gasteiger partial charge >= 0.3 is 6.18 Å². The average molecular weight is 539 g/mol. The Balaban J connectivity index is 1.49. The molecule has 3 aromatic carbocycles. The second-order valence-corrected chi connectivity index (χ2v) is 9.70. The third-order valence-electron chi connectivity index (χ3n) is 7.01. The summed E-state index contributed by atoms with van der Waals surface area (Å²) in [6.07, 6.45) is -2.23. The number of carbonyl (C=O) groups is 1. The summed E-state index contributed by atoms with van der Waals surface area (Å²) < 4.78 is 55.5. The molecule has 39 heavy (non-hydrogen) atoms. The molecule has 0 unspecified atom stereocenters. The van der Waals surface area contributed by atoms with Crippen molar-refractivity contribution < 1.29 is 22.4 Å². The van der Waals surface area contributed by atoms with Crippen LogP contribution in [-0.4, -0.2) is 54.0 Å². The number of likely N-dealkylation sites (tertiary alicyclic amines) is 1. The molecule has 202 valence electrons. The topological polar surface area (TPSA) is 87.4 Å². The Kier molecular flexibility index (Phi) is 6.85. The van der Waals surface area contributed by atoms with Crippen LogP contribution in [0.4, 0.5) is 34.9 Å². The van der Waals surface area contributed by atoms with Gasteiger partial charge in [-0.15, -0.1) is 0 Å². The van der Waals surface area contributed by atoms with Crippen LogP contribution >= 0.6 is 0 Å². The number of nitrogens with two attached hydrogens (primary N) is 1. The van der Waals surface area contributed by atoms with E-state index in [1.54, 1.807) is 31.4 Å². The Hall–Kier alpha value is -4.25. The standard InChI is InChI=1S/C28H26F4N6O/c1-37-10-9-20(15-37)38(2)25-8-5-19(28(30,31)32)13-24(25)35-26(39)21-12-17(3-6-22(21)29)16-4-7-23-18(11-16)14-34-27(33)36-23/h3-8,11-14,20H,9-10,15H2,1-2H3,(H,35,39)(H2,33,34,36)/t20-/m1/s1. The van der Waals surface area contributed by atoms with Crippen LogP contribution in [0.5, 0.6) is 0 Å². The summed E-state index contributed by atoms with van der Waals surface area (Å²) in [5.74, 6) is -1.52. The van der Waals surface area contributed by atoms with Crippen LogP contribution < -0.4 is 16.0 Å². The molecule has 7 nitrogen and oxygen atoms in total. The van der Waals surface area contributed by atoms with Gasteiger partial charge < -0.3 is 20.9 Å². The van der Waals surface area contributed by atoms with Gasteiger partial charge in [-0.25, -0.2) is 14.4 Å². The highest BCUT2D eigenvalue weighted by Crippen LogP contribution is 2.37. The van der Waals surface area contributed by atoms with E-state index in [0.717, 1.165) is 37.7 Å². The molecule has 1 fully saturated rings. The van der Waals surface area contributed by atoms with E-state index in [9.17, 15) is 22.4 Å². The van der Waals surface area contributed by atoms with Gasteiger partial charge in [0.1, 0.15) is 5.82 Å². The van der Waals surface area contributed by atoms with E-state index < -0.39 is 23.5 Å². The lowest BCUT2D eigenvalue weighted by Crippen LogP contribution is -2.34. The minimum absolute atomic E-state index is 0.0443. The quantitative estimate of drug-likeness (QED) is 0.330. The van der Waals surface area contributed by atoms with Gasteiger partial charge in [-0.3, -0.25) is 4.79 Å². The number of carbonyl (C=O) groups excluding carboxylic acids is 1. The molecule has 0 bridgehead atoms. The van der Waals surface area contributed by atoms with Gasteiger partial charge in [0, 0.05) is 31.2 Å². The number of aromatic nitrogens is 2. The van der Waals surface area contributed by atoms with Crippen molar-refractivity contribution in [2.24, 2.45) is 0 Å². The second kappa shape index (κ2) is 10.1. The minimum atomic E-state index is -4.61. The van der Waals surface area contributed by atoms with Crippen molar-refractivity contribution in [3.63, 3.8) is 0 Å². The third kappa shape index (κ3) is 5.49. The first-order valence-electron chi connectivity index (χ1n) is 12.3. The van der Waals surface area contributed by atoms with Gasteiger partial charge in [-0.2, -0.15) is 13.2 Å². The Morgan fingerprint density at radius 1 is 1.10 bits per heavy atom. The summed E-state index contributed by atoms with van der Waals surface area (Å²) in [6.45, 7) is 1.58. The number of halogens is 4. The number of benzene rings is 3. The summed E-state index contributed by atoms with van der Waals surface area (Å²) in [5, 5.41) is 3.24. The van der Waals surface area contributed by atoms with Crippen molar-refractivity contribution >= 4 is 34.1 Å². The number of amides is 1. The van der Waals surface area contributed by atoms with Crippen LogP contribution in [0.15, 0.2) is 60.8 Å². The van der Waals surface area contributed by atoms with Crippen molar-refractivity contribution in [3.8, 4) is 11.1 Å². The smallest absolute Gasteiger partial charge is 0.369 e. The number of rotatable bonds is 5. The lowest BCUT2D eigenvalue weighted by Gasteiger charge is -2.29. The molecular weight excluding hydrogens is 512 g/mol. The highest BCUT2D eigenvalue weighted by atomic mass is 19.4. The Bertz CT molecular complexity index is 1560. The zero-order chi connectivity index (χ0) is 27.9. The molecule has 2 heterocycles. The van der Waals surface area contributed by atoms with E-state index in [1.165, 1.54) is 18.2 Å². The van der Waals surface area contributed by atoms with Gasteiger partial charge in [0.2, 0.25) is 5.95 Å². The van der Waals surface area contributed by atoms with E-state index >= 15 is 0 Å². The molecule has 4 aromatic rings. The van der Waals surface area contributed by atoms with E-state index in [1.807, 2.05) is 11.9 Å². The number of fused-ring (bicyclic) bond motifs is 1. The van der Waals surface area contributed by atoms with Gasteiger partial charge in [-0.05, 0) is 73.6 Å². The SMILES string of the molecule is CN1CC[C@@H](N(C)c2ccc(C(F)(F)F)cc2NC(=O)c2cc(-c3ccc4nc(N)ncc4c3)ccc2F)C1. The van der Waals surface area contributed by atoms with Gasteiger partial charge in [-0.1, -0.05) is 12.1 Å². The molecule has 0 radical (unpaired) electrons. The van der Waals surface area contributed by atoms with Gasteiger partial charge in [0.25, 0.3) is 5.91 Å². The molecule has 5 rings (SSSR count). The highest BCUT2D eigenvalue weighted by molar-refractivity contribution is 6.07. The average Bonchev–Trinajstić information content (AvgIpc) is 3.34. The molecule has 1 aromatic heterocycles. The summed E-state index contributed by atoms with van der Waals surface area (Å²) in [5.41, 5.74) is 6.64. The molecule has 1 amide bonds. The van der Waals surface area contributed by atoms with E-state index in [0.29, 0.717) is 27.7 Å². The molecule has 1 atom stereocenters. The van der Waals surface area contributed by atoms with Crippen molar-refractivity contribution in [3.05, 3.63) is 77.7 Å². The van der Waals surface area contributed by atoms with Gasteiger partial charge in [0.05, 0.1) is 28.0 Å². The lowest BCUT2D eigenvalue weighted by atomic mass is 10.0. The number of nitrogens with one attached hydrogen (secondary N) is 1. The number of nitrogens with zero attached hydrogens (tertiary/aromatic N) is 4. The van der Waals surface area contributed by atoms with Gasteiger partial charge in [0.15, 0.2) is 0 Å². The fourth-order valence-corrected chi connectivity index (χ4v) is 4.84. The normalized spacial score (nSPS) is 16.0. The largest absolute Gasteiger partial charge is 0.416 e. The number of likely N-dealkylation sites (N-methyl/N-ethyl adjacent to an activating group) is 2. The summed E-state index contributed by atoms with van der Waals surface area (Å²) in [7, 11) is 3.75. The van der Waals surface area contributed by atoms with E-state index in [4.69, 9.17) is 5.73 Å². The maximum atomic E-state index is 14.9. The predicted molar refractivity (Wildman–Crippen MR) is 143 cm³/mol. The molecule has 0 aliphatic carbocycles. The van der Waals surface area contributed by atoms with Crippen LogP contribution in [-0.2, 0) is 6.18 Å². The molecule has 3 N–H and O–H groups in total. The fraction of sp³-hybridized carbons (Fsp3) is 0.250. The first-order valence-corrected chi connectivity index (χ1v) is 12.3. The molecule has 1 aliphatic rings. The molecule has 0 saturated carbocycles. The van der Waals surface area contributed by atoms with Crippen LogP contribution in [0.3, 0.4) is 0 Å². The fourth-order valence-electron chi connectivity index (χ4n) is 4.84. The second-order valence-electron chi connectivity index (χ2n) is 9.70. The van der Waals surface area contributed by atoms with Crippen molar-refractivity contribution in [1.29, 1.82) is 0 Å². The Labute approximate surface area is 222 Å². The zero-order valence-electron chi connectivity index (χ0n) is 21.3. The van der Waals surface area contributed by atoms with Crippen molar-refractivity contribution in [2.45, 2.75) is 18.6 Å². The van der Waals surface area contributed by atoms with E-state index in [-0.39, 0.29) is 23.2 Å². The summed E-state index contributed by atoms with van der Waals surface area (Å²) >= 11 is 0. The molecule has 0 spiro atoms. The first kappa shape index (κ1) is 26.4. The molecular formula is C28H26F4N6O.